The molecule has 1 aromatic carbocycles. The van der Waals surface area contributed by atoms with Gasteiger partial charge in [-0.25, -0.2) is 4.90 Å². The molecule has 5 nitrogen and oxygen atoms in total. The molecule has 2 fully saturated rings. The average molecular weight is 734 g/mol. The number of ether oxygens (including phenoxy) is 3. The summed E-state index contributed by atoms with van der Waals surface area (Å²) in [6, 6.07) is 10.0. The van der Waals surface area contributed by atoms with Gasteiger partial charge >= 0.3 is 0 Å². The maximum atomic E-state index is 10.9. The topological polar surface area (TPSA) is 51.2 Å². The highest BCUT2D eigenvalue weighted by molar-refractivity contribution is 5.13. The van der Waals surface area contributed by atoms with Gasteiger partial charge in [-0.1, -0.05) is 170 Å². The second-order valence-corrected chi connectivity index (χ2v) is 15.6. The molecule has 0 saturated carbocycles. The molecular formula is C48H79NO4. The molecule has 3 unspecified atom stereocenters. The van der Waals surface area contributed by atoms with Crippen molar-refractivity contribution in [2.24, 2.45) is 0 Å². The largest absolute Gasteiger partial charge is 0.356 e. The van der Waals surface area contributed by atoms with Crippen LogP contribution in [-0.2, 0) is 20.8 Å². The van der Waals surface area contributed by atoms with E-state index in [0.29, 0.717) is 19.7 Å². The van der Waals surface area contributed by atoms with E-state index in [4.69, 9.17) is 14.2 Å². The van der Waals surface area contributed by atoms with Gasteiger partial charge in [0.2, 0.25) is 6.41 Å². The third kappa shape index (κ3) is 21.0. The van der Waals surface area contributed by atoms with E-state index in [0.717, 1.165) is 37.7 Å². The quantitative estimate of drug-likeness (QED) is 0.0454. The molecule has 0 aliphatic carbocycles. The van der Waals surface area contributed by atoms with Gasteiger partial charge in [0.15, 0.2) is 5.79 Å². The Morgan fingerprint density at radius 1 is 0.642 bits per heavy atom. The Hall–Kier alpha value is -2.02. The van der Waals surface area contributed by atoms with Crippen LogP contribution >= 0.6 is 0 Å². The Bertz CT molecular complexity index is 1060. The van der Waals surface area contributed by atoms with Crippen molar-refractivity contribution in [3.8, 4) is 0 Å². The molecule has 5 heteroatoms. The fraction of sp³-hybridized carbons (Fsp3) is 0.708. The van der Waals surface area contributed by atoms with Crippen LogP contribution in [0.4, 0.5) is 0 Å². The maximum Gasteiger partial charge on any atom is 0.216 e. The van der Waals surface area contributed by atoms with Crippen molar-refractivity contribution in [1.29, 1.82) is 0 Å². The molecule has 3 atom stereocenters. The van der Waals surface area contributed by atoms with Crippen LogP contribution < -0.4 is 0 Å². The second kappa shape index (κ2) is 30.2. The molecule has 0 bridgehead atoms. The molecule has 1 aromatic rings. The summed E-state index contributed by atoms with van der Waals surface area (Å²) in [5.74, 6) is -0.625. The zero-order chi connectivity index (χ0) is 37.5. The van der Waals surface area contributed by atoms with E-state index in [1.165, 1.54) is 128 Å². The third-order valence-electron chi connectivity index (χ3n) is 10.8. The van der Waals surface area contributed by atoms with Gasteiger partial charge in [-0.2, -0.15) is 0 Å². The first kappa shape index (κ1) is 45.4. The molecule has 2 aliphatic rings. The minimum Gasteiger partial charge on any atom is -0.356 e. The lowest BCUT2D eigenvalue weighted by molar-refractivity contribution is -0.216. The van der Waals surface area contributed by atoms with Gasteiger partial charge in [0.25, 0.3) is 0 Å². The van der Waals surface area contributed by atoms with Crippen molar-refractivity contribution in [2.75, 3.05) is 13.1 Å². The summed E-state index contributed by atoms with van der Waals surface area (Å²) in [5, 5.41) is 10.9. The monoisotopic (exact) mass is 734 g/mol. The Morgan fingerprint density at radius 3 is 1.58 bits per heavy atom. The highest BCUT2D eigenvalue weighted by atomic mass is 16.8. The Kier molecular flexibility index (Phi) is 25.9. The molecule has 1 N–H and O–H groups in total. The molecular weight excluding hydrogens is 655 g/mol. The van der Waals surface area contributed by atoms with Crippen LogP contribution in [0.1, 0.15) is 180 Å². The smallest absolute Gasteiger partial charge is 0.216 e. The summed E-state index contributed by atoms with van der Waals surface area (Å²) in [7, 11) is 0. The van der Waals surface area contributed by atoms with E-state index in [-0.39, 0.29) is 12.2 Å². The van der Waals surface area contributed by atoms with E-state index in [9.17, 15) is 5.11 Å². The lowest BCUT2D eigenvalue weighted by Crippen LogP contribution is -2.40. The molecule has 2 heterocycles. The van der Waals surface area contributed by atoms with Crippen LogP contribution in [0, 0.1) is 0 Å². The fourth-order valence-electron chi connectivity index (χ4n) is 7.55. The number of benzene rings is 1. The van der Waals surface area contributed by atoms with Gasteiger partial charge in [0.05, 0.1) is 25.4 Å². The number of rotatable bonds is 32. The molecule has 300 valence electrons. The van der Waals surface area contributed by atoms with E-state index in [2.05, 4.69) is 62.5 Å². The Labute approximate surface area is 326 Å². The highest BCUT2D eigenvalue weighted by Crippen LogP contribution is 2.40. The summed E-state index contributed by atoms with van der Waals surface area (Å²) < 4.78 is 19.4. The maximum absolute atomic E-state index is 10.9. The molecule has 1 spiro atoms. The minimum atomic E-state index is -0.956. The molecule has 0 amide bonds. The van der Waals surface area contributed by atoms with Crippen LogP contribution in [0.15, 0.2) is 78.9 Å². The number of nitrogens with zero attached hydrogens (tertiary/aromatic N) is 1. The predicted octanol–water partition coefficient (Wildman–Crippen LogP) is 13.3. The highest BCUT2D eigenvalue weighted by Gasteiger charge is 2.51. The summed E-state index contributed by atoms with van der Waals surface area (Å²) in [6.07, 6.45) is 48.5. The van der Waals surface area contributed by atoms with Crippen LogP contribution in [0.25, 0.3) is 0 Å². The number of allylic oxidation sites excluding steroid dienone is 8. The van der Waals surface area contributed by atoms with Gasteiger partial charge in [-0.15, -0.1) is 0 Å². The Balaban J connectivity index is 1.33. The van der Waals surface area contributed by atoms with E-state index >= 15 is 0 Å². The SMILES string of the molecule is CCCCC/C=C\C/C=C\CCCCCCCC1OC2(CCN(C(O)OCc3ccccc3)C2)OC1CCCCCCC/C=C\C/C=C\CCCCC. The van der Waals surface area contributed by atoms with Gasteiger partial charge < -0.3 is 19.3 Å². The number of aliphatic hydroxyl groups excluding tert-OH is 1. The Morgan fingerprint density at radius 2 is 1.09 bits per heavy atom. The summed E-state index contributed by atoms with van der Waals surface area (Å²) >= 11 is 0. The van der Waals surface area contributed by atoms with Crippen molar-refractivity contribution < 1.29 is 19.3 Å². The van der Waals surface area contributed by atoms with Gasteiger partial charge in [0, 0.05) is 13.0 Å². The molecule has 2 saturated heterocycles. The van der Waals surface area contributed by atoms with Crippen LogP contribution in [0.2, 0.25) is 0 Å². The zero-order valence-electron chi connectivity index (χ0n) is 34.2. The van der Waals surface area contributed by atoms with Gasteiger partial charge in [-0.3, -0.25) is 0 Å². The first-order valence-electron chi connectivity index (χ1n) is 22.2. The summed E-state index contributed by atoms with van der Waals surface area (Å²) in [6.45, 7) is 6.18. The van der Waals surface area contributed by atoms with Crippen molar-refractivity contribution in [1.82, 2.24) is 4.90 Å². The zero-order valence-corrected chi connectivity index (χ0v) is 34.2. The molecule has 2 aliphatic heterocycles. The van der Waals surface area contributed by atoms with Crippen LogP contribution in [0.5, 0.6) is 0 Å². The summed E-state index contributed by atoms with van der Waals surface area (Å²) in [4.78, 5) is 1.97. The van der Waals surface area contributed by atoms with E-state index in [1.54, 1.807) is 0 Å². The first-order valence-corrected chi connectivity index (χ1v) is 22.2. The van der Waals surface area contributed by atoms with Crippen molar-refractivity contribution in [3.63, 3.8) is 0 Å². The molecule has 0 aromatic heterocycles. The van der Waals surface area contributed by atoms with Crippen LogP contribution in [0.3, 0.4) is 0 Å². The van der Waals surface area contributed by atoms with Crippen molar-refractivity contribution in [3.05, 3.63) is 84.5 Å². The number of hydrogen-bond acceptors (Lipinski definition) is 5. The number of unbranched alkanes of at least 4 members (excludes halogenated alkanes) is 16. The molecule has 53 heavy (non-hydrogen) atoms. The van der Waals surface area contributed by atoms with Crippen molar-refractivity contribution in [2.45, 2.75) is 205 Å². The summed E-state index contributed by atoms with van der Waals surface area (Å²) in [5.41, 5.74) is 1.06. The molecule has 3 rings (SSSR count). The molecule has 0 radical (unpaired) electrons. The van der Waals surface area contributed by atoms with Crippen LogP contribution in [-0.4, -0.2) is 47.5 Å². The first-order chi connectivity index (χ1) is 26.2. The second-order valence-electron chi connectivity index (χ2n) is 15.6. The third-order valence-corrected chi connectivity index (χ3v) is 10.8. The van der Waals surface area contributed by atoms with Gasteiger partial charge in [-0.05, 0) is 82.6 Å². The number of aliphatic hydroxyl groups is 1. The standard InChI is InChI=1S/C48H79NO4/c1-3-5-7-9-11-13-15-17-19-21-23-25-27-29-34-38-45-46(39-35-30-28-26-24-22-20-18-16-14-12-10-8-6-4-2)53-48(52-45)40-41-49(43-48)47(50)51-42-44-36-32-31-33-37-44/h11-14,17-20,31-33,36-37,45-47,50H,3-10,15-16,21-30,34-35,38-43H2,1-2H3/b13-11-,14-12-,19-17-,20-18-. The fourth-order valence-corrected chi connectivity index (χ4v) is 7.55. The predicted molar refractivity (Wildman–Crippen MR) is 225 cm³/mol. The number of hydrogen-bond donors (Lipinski definition) is 1. The lowest BCUT2D eigenvalue weighted by atomic mass is 9.99. The van der Waals surface area contributed by atoms with Gasteiger partial charge in [0.1, 0.15) is 0 Å². The lowest BCUT2D eigenvalue weighted by Gasteiger charge is -2.26. The minimum absolute atomic E-state index is 0.140. The normalized spacial score (nSPS) is 21.6. The number of likely N-dealkylation sites (tertiary alicyclic amines) is 1. The van der Waals surface area contributed by atoms with E-state index < -0.39 is 12.2 Å². The average Bonchev–Trinajstić information content (AvgIpc) is 3.75. The van der Waals surface area contributed by atoms with E-state index in [1.807, 2.05) is 35.2 Å². The van der Waals surface area contributed by atoms with Crippen molar-refractivity contribution >= 4 is 0 Å².